The first-order valence-corrected chi connectivity index (χ1v) is 34.6. The van der Waals surface area contributed by atoms with Gasteiger partial charge in [-0.15, -0.1) is 11.3 Å². The van der Waals surface area contributed by atoms with Crippen LogP contribution in [0.4, 0.5) is 14.9 Å². The van der Waals surface area contributed by atoms with Crippen LogP contribution in [0.25, 0.3) is 53.6 Å². The molecule has 0 radical (unpaired) electrons. The van der Waals surface area contributed by atoms with Gasteiger partial charge >= 0.3 is 12.1 Å². The Kier molecular flexibility index (Phi) is 28.1. The molecule has 8 aromatic rings. The number of nitrogens with zero attached hydrogens (tertiary/aromatic N) is 9. The Morgan fingerprint density at radius 1 is 0.804 bits per heavy atom. The number of thiophene rings is 1. The highest BCUT2D eigenvalue weighted by atomic mass is 35.5. The molecule has 32 heteroatoms. The van der Waals surface area contributed by atoms with Crippen molar-refractivity contribution in [2.45, 2.75) is 70.4 Å². The van der Waals surface area contributed by atoms with Crippen molar-refractivity contribution in [2.24, 2.45) is 11.0 Å². The molecule has 0 aliphatic carbocycles. The SMILES string of the molecule is COc1ccccc1-c1nccc(COc2ccccc2C[C@@H](Oc2ncnc3sc(-c4ccc(F)cc4)c(-c4ccc(OCCN5CCN(C(=O)OCc6ccc(NC(=O)[C@H](C)NC(=O)[C@@H](NC(=O)COCCOCCOCCN=[N+]=[N-])C(C)C)cc6S(=O)[O-])CC5)c(Cl)c4C)c23)C(=O)O)n1. The molecular formula is C70H75ClFN12O16S2-. The van der Waals surface area contributed by atoms with Gasteiger partial charge in [0.2, 0.25) is 29.7 Å². The van der Waals surface area contributed by atoms with Crippen molar-refractivity contribution in [1.82, 2.24) is 40.4 Å². The van der Waals surface area contributed by atoms with E-state index in [2.05, 4.69) is 45.8 Å². The quantitative estimate of drug-likeness (QED) is 0.00932. The van der Waals surface area contributed by atoms with E-state index in [1.807, 2.05) is 37.3 Å². The van der Waals surface area contributed by atoms with Crippen LogP contribution >= 0.6 is 22.9 Å². The molecule has 28 nitrogen and oxygen atoms in total. The first-order chi connectivity index (χ1) is 49.3. The molecule has 0 bridgehead atoms. The van der Waals surface area contributed by atoms with Crippen molar-refractivity contribution in [3.05, 3.63) is 165 Å². The summed E-state index contributed by atoms with van der Waals surface area (Å²) >= 11 is 5.64. The molecule has 1 unspecified atom stereocenters. The predicted octanol–water partition coefficient (Wildman–Crippen LogP) is 9.76. The van der Waals surface area contributed by atoms with E-state index in [0.717, 1.165) is 0 Å². The lowest BCUT2D eigenvalue weighted by Crippen LogP contribution is -2.54. The lowest BCUT2D eigenvalue weighted by Gasteiger charge is -2.34. The first kappa shape index (κ1) is 76.2. The van der Waals surface area contributed by atoms with Crippen molar-refractivity contribution < 1.29 is 80.1 Å². The van der Waals surface area contributed by atoms with E-state index >= 15 is 0 Å². The van der Waals surface area contributed by atoms with Crippen molar-refractivity contribution in [3.63, 3.8) is 0 Å². The monoisotopic (exact) mass is 1460 g/mol. The van der Waals surface area contributed by atoms with Crippen LogP contribution in [0.1, 0.15) is 43.2 Å². The number of anilines is 1. The molecule has 538 valence electrons. The molecule has 102 heavy (non-hydrogen) atoms. The van der Waals surface area contributed by atoms with Crippen molar-refractivity contribution in [3.8, 4) is 56.1 Å². The van der Waals surface area contributed by atoms with Crippen LogP contribution in [0.15, 0.2) is 132 Å². The van der Waals surface area contributed by atoms with Gasteiger partial charge in [0.15, 0.2) is 5.82 Å². The third-order valence-corrected chi connectivity index (χ3v) is 18.4. The van der Waals surface area contributed by atoms with Crippen LogP contribution in [0.2, 0.25) is 5.02 Å². The average molecular weight is 1460 g/mol. The predicted molar refractivity (Wildman–Crippen MR) is 375 cm³/mol. The standard InChI is InChI=1S/C70H76ClFN12O16S2/c1-42(2)62(81-58(85)40-96-35-34-95-33-32-94-30-24-77-82-73)66(87)78-44(4)65(86)80-49-19-16-47(57(37-49)102(91)92)38-99-70(90)84-27-25-83(26-28-84)29-31-97-55-21-20-51(43(3)61(55)71)59-60-67(75-41-76-68(60)101-63(59)45-14-17-48(72)18-15-45)100-56(69(88)89)36-46-10-6-8-12-53(46)98-39-50-22-23-74-64(79-50)52-11-7-9-13-54(52)93-5/h6-23,37,41-42,44,56,62H,24-36,38-40H2,1-5H3,(H,78,87)(H,80,86)(H,81,85)(H,88,89)(H,91,92)/p-1/t44-,56+,62-/m0/s1. The van der Waals surface area contributed by atoms with Gasteiger partial charge in [0.05, 0.1) is 61.8 Å². The molecule has 9 rings (SSSR count). The van der Waals surface area contributed by atoms with E-state index < -0.39 is 71.5 Å². The molecule has 4 amide bonds. The molecule has 1 saturated heterocycles. The highest BCUT2D eigenvalue weighted by Gasteiger charge is 2.31. The van der Waals surface area contributed by atoms with Gasteiger partial charge in [-0.1, -0.05) is 85.2 Å². The zero-order valence-corrected chi connectivity index (χ0v) is 58.7. The van der Waals surface area contributed by atoms with Gasteiger partial charge in [-0.25, -0.2) is 33.9 Å². The van der Waals surface area contributed by atoms with Crippen LogP contribution in [0, 0.1) is 18.7 Å². The lowest BCUT2D eigenvalue weighted by molar-refractivity contribution is -0.145. The number of nitrogens with one attached hydrogen (secondary N) is 3. The zero-order chi connectivity index (χ0) is 72.7. The zero-order valence-electron chi connectivity index (χ0n) is 56.3. The summed E-state index contributed by atoms with van der Waals surface area (Å²) < 4.78 is 85.4. The Morgan fingerprint density at radius 3 is 2.25 bits per heavy atom. The maximum absolute atomic E-state index is 14.5. The number of aliphatic carboxylic acids is 1. The second-order valence-electron chi connectivity index (χ2n) is 23.4. The molecular weight excluding hydrogens is 1380 g/mol. The molecule has 3 aromatic heterocycles. The van der Waals surface area contributed by atoms with Gasteiger partial charge in [-0.2, -0.15) is 0 Å². The highest BCUT2D eigenvalue weighted by Crippen LogP contribution is 2.50. The number of carbonyl (C=O) groups is 5. The minimum atomic E-state index is -2.82. The number of hydrogen-bond donors (Lipinski definition) is 4. The smallest absolute Gasteiger partial charge is 0.410 e. The number of piperazine rings is 1. The largest absolute Gasteiger partial charge is 0.768 e. The number of fused-ring (bicyclic) bond motifs is 1. The van der Waals surface area contributed by atoms with Gasteiger partial charge in [0.25, 0.3) is 0 Å². The maximum Gasteiger partial charge on any atom is 0.410 e. The van der Waals surface area contributed by atoms with Crippen LogP contribution < -0.4 is 34.9 Å². The number of ether oxygens (including phenoxy) is 8. The van der Waals surface area contributed by atoms with Crippen molar-refractivity contribution >= 4 is 79.7 Å². The van der Waals surface area contributed by atoms with Crippen LogP contribution in [-0.4, -0.2) is 184 Å². The molecule has 4 heterocycles. The van der Waals surface area contributed by atoms with Crippen LogP contribution in [0.3, 0.4) is 0 Å². The lowest BCUT2D eigenvalue weighted by atomic mass is 9.96. The van der Waals surface area contributed by atoms with Gasteiger partial charge in [0, 0.05) is 83.4 Å². The summed E-state index contributed by atoms with van der Waals surface area (Å²) in [7, 11) is 1.57. The summed E-state index contributed by atoms with van der Waals surface area (Å²) in [6.07, 6.45) is 0.661. The minimum Gasteiger partial charge on any atom is -0.768 e. The summed E-state index contributed by atoms with van der Waals surface area (Å²) in [5.74, 6) is -2.12. The average Bonchev–Trinajstić information content (AvgIpc) is 1.52. The number of carboxylic acids is 1. The number of para-hydroxylation sites is 2. The fourth-order valence-corrected chi connectivity index (χ4v) is 12.7. The van der Waals surface area contributed by atoms with Crippen LogP contribution in [0.5, 0.6) is 23.1 Å². The molecule has 4 N–H and O–H groups in total. The summed E-state index contributed by atoms with van der Waals surface area (Å²) in [5, 5.41) is 22.6. The highest BCUT2D eigenvalue weighted by molar-refractivity contribution is 7.79. The molecule has 1 fully saturated rings. The second kappa shape index (κ2) is 37.6. The van der Waals surface area contributed by atoms with Gasteiger partial charge in [0.1, 0.15) is 72.7 Å². The number of carbonyl (C=O) groups excluding carboxylic acids is 4. The first-order valence-electron chi connectivity index (χ1n) is 32.3. The Morgan fingerprint density at radius 2 is 1.53 bits per heavy atom. The van der Waals surface area contributed by atoms with E-state index in [9.17, 15) is 42.2 Å². The fourth-order valence-electron chi connectivity index (χ4n) is 10.7. The van der Waals surface area contributed by atoms with Gasteiger partial charge in [-0.05, 0) is 113 Å². The number of methoxy groups -OCH3 is 1. The van der Waals surface area contributed by atoms with E-state index in [0.29, 0.717) is 102 Å². The second-order valence-corrected chi connectivity index (χ2v) is 25.7. The molecule has 5 aromatic carbocycles. The summed E-state index contributed by atoms with van der Waals surface area (Å²) in [6.45, 7) is 9.41. The molecule has 0 spiro atoms. The summed E-state index contributed by atoms with van der Waals surface area (Å²) in [4.78, 5) is 91.1. The van der Waals surface area contributed by atoms with E-state index in [-0.39, 0.29) is 107 Å². The fraction of sp³-hybridized carbons (Fsp3) is 0.357. The molecule has 1 aliphatic rings. The molecule has 1 aliphatic heterocycles. The van der Waals surface area contributed by atoms with E-state index in [4.69, 9.17) is 60.0 Å². The van der Waals surface area contributed by atoms with Crippen LogP contribution in [-0.2, 0) is 68.8 Å². The number of aromatic nitrogens is 4. The Bertz CT molecular complexity index is 4320. The van der Waals surface area contributed by atoms with Crippen molar-refractivity contribution in [2.75, 3.05) is 97.9 Å². The molecule has 4 atom stereocenters. The number of benzene rings is 5. The Labute approximate surface area is 598 Å². The maximum atomic E-state index is 14.5. The number of halogens is 2. The number of hydrogen-bond acceptors (Lipinski definition) is 22. The van der Waals surface area contributed by atoms with E-state index in [1.54, 1.807) is 75.7 Å². The van der Waals surface area contributed by atoms with E-state index in [1.165, 1.54) is 59.8 Å². The van der Waals surface area contributed by atoms with Gasteiger partial charge < -0.3 is 68.4 Å². The molecule has 0 saturated carbocycles. The number of amides is 4. The minimum absolute atomic E-state index is 0.00889. The third-order valence-electron chi connectivity index (χ3n) is 16.1. The summed E-state index contributed by atoms with van der Waals surface area (Å²) in [5.41, 5.74) is 12.8. The third kappa shape index (κ3) is 20.9. The topological polar surface area (TPSA) is 362 Å². The van der Waals surface area contributed by atoms with Gasteiger partial charge in [-0.3, -0.25) is 23.5 Å². The number of azide groups is 1. The Balaban J connectivity index is 0.768. The van der Waals surface area contributed by atoms with Crippen molar-refractivity contribution in [1.29, 1.82) is 0 Å². The summed E-state index contributed by atoms with van der Waals surface area (Å²) in [6, 6.07) is 27.6. The number of carboxylic acid groups (broad SMARTS) is 1. The Hall–Kier alpha value is -9.95. The number of rotatable bonds is 36. The normalized spacial score (nSPS) is 13.5.